The Morgan fingerprint density at radius 3 is 2.62 bits per heavy atom. The van der Waals surface area contributed by atoms with E-state index in [1.807, 2.05) is 0 Å². The summed E-state index contributed by atoms with van der Waals surface area (Å²) in [5.41, 5.74) is 0.412. The van der Waals surface area contributed by atoms with Crippen molar-refractivity contribution in [3.8, 4) is 0 Å². The van der Waals surface area contributed by atoms with Gasteiger partial charge in [0.1, 0.15) is 5.82 Å². The van der Waals surface area contributed by atoms with Gasteiger partial charge in [0, 0.05) is 16.0 Å². The number of carbonyl (C=O) groups is 1. The van der Waals surface area contributed by atoms with Crippen LogP contribution in [0.3, 0.4) is 0 Å². The maximum Gasteiger partial charge on any atom is 0.166 e. The highest BCUT2D eigenvalue weighted by atomic mass is 79.9. The second kappa shape index (κ2) is 4.01. The van der Waals surface area contributed by atoms with E-state index in [9.17, 15) is 9.18 Å². The molecule has 0 radical (unpaired) electrons. The van der Waals surface area contributed by atoms with Crippen molar-refractivity contribution in [3.63, 3.8) is 0 Å². The van der Waals surface area contributed by atoms with Crippen LogP contribution in [0, 0.1) is 11.7 Å². The Hall–Kier alpha value is -0.700. The zero-order valence-corrected chi connectivity index (χ0v) is 9.06. The Kier molecular flexibility index (Phi) is 3.20. The van der Waals surface area contributed by atoms with E-state index in [4.69, 9.17) is 0 Å². The number of Topliss-reactive ketones (excluding diaryl/α,β-unsaturated/α-hetero) is 1. The van der Waals surface area contributed by atoms with Gasteiger partial charge in [0.15, 0.2) is 5.78 Å². The Balaban J connectivity index is 3.13. The third kappa shape index (κ3) is 2.37. The quantitative estimate of drug-likeness (QED) is 0.729. The smallest absolute Gasteiger partial charge is 0.166 e. The van der Waals surface area contributed by atoms with Crippen LogP contribution in [0.15, 0.2) is 22.7 Å². The summed E-state index contributed by atoms with van der Waals surface area (Å²) in [6.45, 7) is 3.58. The van der Waals surface area contributed by atoms with Gasteiger partial charge in [0.05, 0.1) is 0 Å². The predicted molar refractivity (Wildman–Crippen MR) is 53.3 cm³/mol. The number of carbonyl (C=O) groups excluding carboxylic acids is 1. The molecule has 0 aliphatic carbocycles. The van der Waals surface area contributed by atoms with Gasteiger partial charge in [-0.3, -0.25) is 4.79 Å². The molecule has 70 valence electrons. The zero-order chi connectivity index (χ0) is 10.0. The summed E-state index contributed by atoms with van der Waals surface area (Å²) in [5.74, 6) is -0.545. The molecule has 0 atom stereocenters. The molecule has 13 heavy (non-hydrogen) atoms. The fourth-order valence-corrected chi connectivity index (χ4v) is 1.44. The molecule has 0 saturated heterocycles. The molecule has 0 aliphatic rings. The van der Waals surface area contributed by atoms with E-state index in [1.54, 1.807) is 19.9 Å². The number of hydrogen-bond acceptors (Lipinski definition) is 1. The minimum atomic E-state index is -0.382. The Labute approximate surface area is 85.1 Å². The summed E-state index contributed by atoms with van der Waals surface area (Å²) in [5, 5.41) is 0. The SMILES string of the molecule is CC(C)C(=O)c1cc(F)ccc1Br. The first kappa shape index (κ1) is 10.4. The monoisotopic (exact) mass is 244 g/mol. The molecule has 1 aromatic carbocycles. The lowest BCUT2D eigenvalue weighted by molar-refractivity contribution is 0.0938. The molecule has 0 aromatic heterocycles. The molecule has 1 rings (SSSR count). The summed E-state index contributed by atoms with van der Waals surface area (Å²) in [4.78, 5) is 11.5. The maximum absolute atomic E-state index is 12.8. The van der Waals surface area contributed by atoms with Crippen LogP contribution in [-0.2, 0) is 0 Å². The molecule has 0 amide bonds. The van der Waals surface area contributed by atoms with Crippen LogP contribution in [0.2, 0.25) is 0 Å². The van der Waals surface area contributed by atoms with Crippen LogP contribution in [-0.4, -0.2) is 5.78 Å². The van der Waals surface area contributed by atoms with Gasteiger partial charge in [0.2, 0.25) is 0 Å². The van der Waals surface area contributed by atoms with E-state index >= 15 is 0 Å². The van der Waals surface area contributed by atoms with Crippen LogP contribution >= 0.6 is 15.9 Å². The Morgan fingerprint density at radius 1 is 1.46 bits per heavy atom. The third-order valence-electron chi connectivity index (χ3n) is 1.72. The highest BCUT2D eigenvalue weighted by molar-refractivity contribution is 9.10. The fraction of sp³-hybridized carbons (Fsp3) is 0.300. The second-order valence-corrected chi connectivity index (χ2v) is 4.00. The van der Waals surface area contributed by atoms with Crippen molar-refractivity contribution in [1.29, 1.82) is 0 Å². The van der Waals surface area contributed by atoms with Gasteiger partial charge in [-0.05, 0) is 18.2 Å². The molecule has 0 bridgehead atoms. The number of benzene rings is 1. The molecule has 1 nitrogen and oxygen atoms in total. The zero-order valence-electron chi connectivity index (χ0n) is 7.47. The molecular weight excluding hydrogens is 235 g/mol. The Morgan fingerprint density at radius 2 is 2.08 bits per heavy atom. The minimum absolute atomic E-state index is 0.0497. The largest absolute Gasteiger partial charge is 0.294 e. The summed E-state index contributed by atoms with van der Waals surface area (Å²) >= 11 is 3.21. The van der Waals surface area contributed by atoms with E-state index < -0.39 is 0 Å². The van der Waals surface area contributed by atoms with Crippen molar-refractivity contribution in [2.45, 2.75) is 13.8 Å². The first-order valence-corrected chi connectivity index (χ1v) is 4.81. The van der Waals surface area contributed by atoms with E-state index in [2.05, 4.69) is 15.9 Å². The van der Waals surface area contributed by atoms with Gasteiger partial charge >= 0.3 is 0 Å². The number of rotatable bonds is 2. The van der Waals surface area contributed by atoms with E-state index in [0.717, 1.165) is 0 Å². The summed E-state index contributed by atoms with van der Waals surface area (Å²) < 4.78 is 13.4. The molecule has 0 spiro atoms. The maximum atomic E-state index is 12.8. The standard InChI is InChI=1S/C10H10BrFO/c1-6(2)10(13)8-5-7(12)3-4-9(8)11/h3-6H,1-2H3. The molecule has 1 aromatic rings. The van der Waals surface area contributed by atoms with Gasteiger partial charge in [-0.15, -0.1) is 0 Å². The average molecular weight is 245 g/mol. The summed E-state index contributed by atoms with van der Waals surface area (Å²) in [6.07, 6.45) is 0. The van der Waals surface area contributed by atoms with Crippen molar-refractivity contribution in [1.82, 2.24) is 0 Å². The summed E-state index contributed by atoms with van der Waals surface area (Å²) in [6, 6.07) is 4.12. The summed E-state index contributed by atoms with van der Waals surface area (Å²) in [7, 11) is 0. The highest BCUT2D eigenvalue weighted by Crippen LogP contribution is 2.20. The third-order valence-corrected chi connectivity index (χ3v) is 2.41. The van der Waals surface area contributed by atoms with Gasteiger partial charge in [-0.2, -0.15) is 0 Å². The van der Waals surface area contributed by atoms with Crippen molar-refractivity contribution in [2.75, 3.05) is 0 Å². The van der Waals surface area contributed by atoms with E-state index in [-0.39, 0.29) is 17.5 Å². The minimum Gasteiger partial charge on any atom is -0.294 e. The van der Waals surface area contributed by atoms with Gasteiger partial charge in [-0.1, -0.05) is 29.8 Å². The molecule has 0 aliphatic heterocycles. The molecular formula is C10H10BrFO. The fourth-order valence-electron chi connectivity index (χ4n) is 0.997. The topological polar surface area (TPSA) is 17.1 Å². The van der Waals surface area contributed by atoms with Crippen molar-refractivity contribution in [2.24, 2.45) is 5.92 Å². The molecule has 0 unspecified atom stereocenters. The predicted octanol–water partition coefficient (Wildman–Crippen LogP) is 3.43. The number of hydrogen-bond donors (Lipinski definition) is 0. The van der Waals surface area contributed by atoms with Gasteiger partial charge in [0.25, 0.3) is 0 Å². The van der Waals surface area contributed by atoms with Gasteiger partial charge < -0.3 is 0 Å². The Bertz CT molecular complexity index is 334. The molecule has 0 heterocycles. The van der Waals surface area contributed by atoms with Crippen molar-refractivity contribution < 1.29 is 9.18 Å². The number of ketones is 1. The van der Waals surface area contributed by atoms with Gasteiger partial charge in [-0.25, -0.2) is 4.39 Å². The molecule has 0 fully saturated rings. The molecule has 0 N–H and O–H groups in total. The highest BCUT2D eigenvalue weighted by Gasteiger charge is 2.14. The second-order valence-electron chi connectivity index (χ2n) is 3.14. The van der Waals surface area contributed by atoms with Crippen LogP contribution in [0.4, 0.5) is 4.39 Å². The van der Waals surface area contributed by atoms with Crippen LogP contribution < -0.4 is 0 Å². The lowest BCUT2D eigenvalue weighted by Crippen LogP contribution is -2.08. The first-order chi connectivity index (χ1) is 6.02. The first-order valence-electron chi connectivity index (χ1n) is 4.01. The van der Waals surface area contributed by atoms with E-state index in [0.29, 0.717) is 10.0 Å². The van der Waals surface area contributed by atoms with Crippen molar-refractivity contribution in [3.05, 3.63) is 34.1 Å². The lowest BCUT2D eigenvalue weighted by atomic mass is 10.0. The molecule has 0 saturated carbocycles. The molecule has 3 heteroatoms. The number of halogens is 2. The normalized spacial score (nSPS) is 10.5. The van der Waals surface area contributed by atoms with E-state index in [1.165, 1.54) is 12.1 Å². The lowest BCUT2D eigenvalue weighted by Gasteiger charge is -2.05. The van der Waals surface area contributed by atoms with Crippen LogP contribution in [0.5, 0.6) is 0 Å². The van der Waals surface area contributed by atoms with Crippen LogP contribution in [0.25, 0.3) is 0 Å². The van der Waals surface area contributed by atoms with Crippen molar-refractivity contribution >= 4 is 21.7 Å². The van der Waals surface area contributed by atoms with Crippen LogP contribution in [0.1, 0.15) is 24.2 Å². The average Bonchev–Trinajstić information content (AvgIpc) is 2.08.